The molecule has 0 bridgehead atoms. The molecule has 4 heteroatoms. The molecular formula is C48H58B4. The van der Waals surface area contributed by atoms with E-state index in [1.54, 1.807) is 5.57 Å². The van der Waals surface area contributed by atoms with Crippen LogP contribution in [0.2, 0.25) is 0 Å². The predicted octanol–water partition coefficient (Wildman–Crippen LogP) is 6.63. The van der Waals surface area contributed by atoms with Crippen molar-refractivity contribution in [1.29, 1.82) is 0 Å². The number of allylic oxidation sites excluding steroid dienone is 16. The maximum Gasteiger partial charge on any atom is 0.139 e. The van der Waals surface area contributed by atoms with E-state index in [1.165, 1.54) is 66.4 Å². The Labute approximate surface area is 320 Å². The molecule has 3 aromatic carbocycles. The van der Waals surface area contributed by atoms with Gasteiger partial charge in [-0.25, -0.2) is 0 Å². The minimum Gasteiger partial charge on any atom is -0.101 e. The summed E-state index contributed by atoms with van der Waals surface area (Å²) in [6.07, 6.45) is 30.0. The zero-order chi connectivity index (χ0) is 37.4. The molecule has 0 nitrogen and oxygen atoms in total. The monoisotopic (exact) mass is 678 g/mol. The van der Waals surface area contributed by atoms with E-state index in [0.29, 0.717) is 17.8 Å². The molecule has 3 atom stereocenters. The van der Waals surface area contributed by atoms with E-state index in [9.17, 15) is 0 Å². The van der Waals surface area contributed by atoms with E-state index in [4.69, 9.17) is 0 Å². The Bertz CT molecular complexity index is 1950. The van der Waals surface area contributed by atoms with Gasteiger partial charge in [0.2, 0.25) is 0 Å². The fraction of sp³-hybridized carbons (Fsp3) is 0.292. The first-order valence-corrected chi connectivity index (χ1v) is 19.7. The van der Waals surface area contributed by atoms with Crippen LogP contribution in [0.4, 0.5) is 0 Å². The van der Waals surface area contributed by atoms with Crippen molar-refractivity contribution in [2.24, 2.45) is 17.3 Å². The van der Waals surface area contributed by atoms with Gasteiger partial charge in [-0.2, -0.15) is 0 Å². The minimum atomic E-state index is 0.116. The predicted molar refractivity (Wildman–Crippen MR) is 243 cm³/mol. The third kappa shape index (κ3) is 8.89. The van der Waals surface area contributed by atoms with Crippen LogP contribution in [0.3, 0.4) is 0 Å². The van der Waals surface area contributed by atoms with Gasteiger partial charge in [0.1, 0.15) is 31.4 Å². The fourth-order valence-electron chi connectivity index (χ4n) is 8.27. The van der Waals surface area contributed by atoms with Gasteiger partial charge in [0.15, 0.2) is 0 Å². The van der Waals surface area contributed by atoms with Crippen LogP contribution in [0.15, 0.2) is 144 Å². The van der Waals surface area contributed by atoms with Crippen molar-refractivity contribution in [3.8, 4) is 0 Å². The van der Waals surface area contributed by atoms with Gasteiger partial charge in [-0.15, -0.1) is 5.46 Å². The highest BCUT2D eigenvalue weighted by molar-refractivity contribution is 6.60. The smallest absolute Gasteiger partial charge is 0.101 e. The molecule has 3 aromatic rings. The molecule has 2 unspecified atom stereocenters. The summed E-state index contributed by atoms with van der Waals surface area (Å²) >= 11 is 0. The SMILES string of the molecule is Bc1c(B)c(C)c(B)c(C(C)\C=C/C(=C/C=C/C=C\C[C@]2(C)CC3C2=C/C(c2ccccc2)=C\C/C(c2ccccc2)=C3/C=C\C(C)C)CC)c1B. The van der Waals surface area contributed by atoms with Crippen molar-refractivity contribution < 1.29 is 0 Å². The van der Waals surface area contributed by atoms with Crippen molar-refractivity contribution in [3.63, 3.8) is 0 Å². The average molecular weight is 678 g/mol. The van der Waals surface area contributed by atoms with Gasteiger partial charge in [-0.3, -0.25) is 0 Å². The summed E-state index contributed by atoms with van der Waals surface area (Å²) < 4.78 is 0. The third-order valence-corrected chi connectivity index (χ3v) is 11.9. The summed E-state index contributed by atoms with van der Waals surface area (Å²) in [6, 6.07) is 22.0. The van der Waals surface area contributed by atoms with Gasteiger partial charge >= 0.3 is 0 Å². The van der Waals surface area contributed by atoms with E-state index in [2.05, 4.69) is 200 Å². The van der Waals surface area contributed by atoms with Gasteiger partial charge in [-0.1, -0.05) is 195 Å². The van der Waals surface area contributed by atoms with Crippen LogP contribution in [0.25, 0.3) is 11.1 Å². The quantitative estimate of drug-likeness (QED) is 0.149. The second-order valence-electron chi connectivity index (χ2n) is 15.8. The Morgan fingerprint density at radius 3 is 2.15 bits per heavy atom. The van der Waals surface area contributed by atoms with Crippen molar-refractivity contribution in [2.45, 2.75) is 73.1 Å². The highest BCUT2D eigenvalue weighted by Crippen LogP contribution is 2.58. The van der Waals surface area contributed by atoms with E-state index in [1.807, 2.05) is 0 Å². The third-order valence-electron chi connectivity index (χ3n) is 11.9. The Kier molecular flexibility index (Phi) is 13.2. The Morgan fingerprint density at radius 1 is 0.827 bits per heavy atom. The van der Waals surface area contributed by atoms with Crippen LogP contribution in [0.5, 0.6) is 0 Å². The molecule has 262 valence electrons. The molecule has 0 radical (unpaired) electrons. The molecule has 0 aromatic heterocycles. The molecule has 0 spiro atoms. The largest absolute Gasteiger partial charge is 0.139 e. The van der Waals surface area contributed by atoms with Crippen LogP contribution in [0, 0.1) is 24.2 Å². The van der Waals surface area contributed by atoms with Crippen molar-refractivity contribution in [1.82, 2.24) is 0 Å². The summed E-state index contributed by atoms with van der Waals surface area (Å²) in [7, 11) is 9.11. The van der Waals surface area contributed by atoms with Crippen LogP contribution in [-0.4, -0.2) is 31.4 Å². The molecule has 1 fully saturated rings. The first-order valence-electron chi connectivity index (χ1n) is 19.7. The summed E-state index contributed by atoms with van der Waals surface area (Å²) in [4.78, 5) is 0. The number of fused-ring (bicyclic) bond motifs is 1. The van der Waals surface area contributed by atoms with Crippen molar-refractivity contribution in [2.75, 3.05) is 0 Å². The van der Waals surface area contributed by atoms with E-state index in [0.717, 1.165) is 25.7 Å². The highest BCUT2D eigenvalue weighted by atomic mass is 14.5. The maximum absolute atomic E-state index is 2.53. The lowest BCUT2D eigenvalue weighted by atomic mass is 9.53. The Hall–Kier alpha value is -4.16. The zero-order valence-corrected chi connectivity index (χ0v) is 33.7. The zero-order valence-electron chi connectivity index (χ0n) is 33.7. The van der Waals surface area contributed by atoms with Crippen LogP contribution in [0.1, 0.15) is 88.5 Å². The van der Waals surface area contributed by atoms with Crippen molar-refractivity contribution >= 4 is 64.4 Å². The molecule has 5 rings (SSSR count). The molecule has 1 saturated carbocycles. The maximum atomic E-state index is 2.53. The van der Waals surface area contributed by atoms with E-state index in [-0.39, 0.29) is 5.41 Å². The molecule has 52 heavy (non-hydrogen) atoms. The normalized spacial score (nSPS) is 22.8. The summed E-state index contributed by atoms with van der Waals surface area (Å²) in [5, 5.41) is 0. The lowest BCUT2D eigenvalue weighted by molar-refractivity contribution is 0.216. The Balaban J connectivity index is 1.36. The molecule has 2 aliphatic rings. The van der Waals surface area contributed by atoms with Gasteiger partial charge in [0, 0.05) is 5.92 Å². The molecule has 2 aliphatic carbocycles. The number of hydrogen-bond acceptors (Lipinski definition) is 0. The van der Waals surface area contributed by atoms with E-state index >= 15 is 0 Å². The first-order chi connectivity index (χ1) is 24.9. The van der Waals surface area contributed by atoms with E-state index < -0.39 is 0 Å². The van der Waals surface area contributed by atoms with Crippen LogP contribution >= 0.6 is 0 Å². The number of rotatable bonds is 12. The number of hydrogen-bond donors (Lipinski definition) is 0. The topological polar surface area (TPSA) is 0 Å². The van der Waals surface area contributed by atoms with Gasteiger partial charge in [-0.05, 0) is 83.3 Å². The van der Waals surface area contributed by atoms with Gasteiger partial charge in [0.05, 0.1) is 0 Å². The summed E-state index contributed by atoms with van der Waals surface area (Å²) in [6.45, 7) is 13.9. The Morgan fingerprint density at radius 2 is 1.50 bits per heavy atom. The molecule has 0 amide bonds. The molecule has 0 heterocycles. The van der Waals surface area contributed by atoms with Gasteiger partial charge < -0.3 is 0 Å². The fourth-order valence-corrected chi connectivity index (χ4v) is 8.27. The second kappa shape index (κ2) is 17.6. The molecule has 0 aliphatic heterocycles. The standard InChI is InChI=1S/C48H58B4/c1-7-35(25-24-33(4)43-44(49)34(5)45(50)47(52)46(43)51)18-12-8-9-17-29-48(6)31-41-40(27-23-32(2)3)39(37-21-15-11-16-22-37)28-26-38(30-42(41)48)36-19-13-10-14-20-36/h8-27,30,32-33,41H,7,28-29,31,49-52H2,1-6H3/b12-8+,17-9-,25-24-,27-23-,35-18+,38-26+,40-39+,42-30?/t33?,41?,48-/m1/s1. The summed E-state index contributed by atoms with van der Waals surface area (Å²) in [5.41, 5.74) is 18.6. The molecular weight excluding hydrogens is 620 g/mol. The highest BCUT2D eigenvalue weighted by Gasteiger charge is 2.46. The van der Waals surface area contributed by atoms with Crippen molar-refractivity contribution in [3.05, 3.63) is 166 Å². The van der Waals surface area contributed by atoms with Crippen LogP contribution in [-0.2, 0) is 0 Å². The molecule has 0 saturated heterocycles. The van der Waals surface area contributed by atoms with Crippen LogP contribution < -0.4 is 21.9 Å². The average Bonchev–Trinajstić information content (AvgIpc) is 3.14. The lowest BCUT2D eigenvalue weighted by Crippen LogP contribution is -2.48. The minimum absolute atomic E-state index is 0.116. The first kappa shape index (κ1) is 39.1. The number of benzene rings is 3. The molecule has 0 N–H and O–H groups in total. The lowest BCUT2D eigenvalue weighted by Gasteiger charge is -2.50. The van der Waals surface area contributed by atoms with Gasteiger partial charge in [0.25, 0.3) is 0 Å². The summed E-state index contributed by atoms with van der Waals surface area (Å²) in [5.74, 6) is 1.31. The second-order valence-corrected chi connectivity index (χ2v) is 15.8.